The van der Waals surface area contributed by atoms with Gasteiger partial charge in [0.2, 0.25) is 0 Å². The molecule has 0 unspecified atom stereocenters. The standard InChI is InChI=1S/C23H25N3O2S/c1-17-24-21(16-29-17)15-28-22-9-7-19(8-10-22)23(27)25-20-11-12-26(14-20)13-18-5-3-2-4-6-18/h2-10,16,20H,11-15H2,1H3,(H,25,27)/t20-/m1/s1. The van der Waals surface area contributed by atoms with E-state index < -0.39 is 0 Å². The lowest BCUT2D eigenvalue weighted by atomic mass is 10.2. The number of carbonyl (C=O) groups excluding carboxylic acids is 1. The molecule has 2 heterocycles. The molecule has 0 radical (unpaired) electrons. The molecule has 1 N–H and O–H groups in total. The lowest BCUT2D eigenvalue weighted by Crippen LogP contribution is -2.36. The quantitative estimate of drug-likeness (QED) is 0.642. The second-order valence-electron chi connectivity index (χ2n) is 7.35. The highest BCUT2D eigenvalue weighted by Crippen LogP contribution is 2.17. The number of carbonyl (C=O) groups is 1. The SMILES string of the molecule is Cc1nc(COc2ccc(C(=O)N[C@@H]3CCN(Cc4ccccc4)C3)cc2)cs1. The van der Waals surface area contributed by atoms with E-state index >= 15 is 0 Å². The molecule has 1 aromatic heterocycles. The van der Waals surface area contributed by atoms with Crippen LogP contribution in [0.25, 0.3) is 0 Å². The van der Waals surface area contributed by atoms with E-state index in [4.69, 9.17) is 4.74 Å². The van der Waals surface area contributed by atoms with Crippen LogP contribution >= 0.6 is 11.3 Å². The van der Waals surface area contributed by atoms with Gasteiger partial charge in [-0.2, -0.15) is 0 Å². The maximum Gasteiger partial charge on any atom is 0.251 e. The van der Waals surface area contributed by atoms with Gasteiger partial charge in [0.1, 0.15) is 12.4 Å². The largest absolute Gasteiger partial charge is 0.487 e. The molecule has 1 aliphatic heterocycles. The summed E-state index contributed by atoms with van der Waals surface area (Å²) >= 11 is 1.61. The molecular weight excluding hydrogens is 382 g/mol. The highest BCUT2D eigenvalue weighted by atomic mass is 32.1. The molecular formula is C23H25N3O2S. The number of rotatable bonds is 7. The summed E-state index contributed by atoms with van der Waals surface area (Å²) in [5.74, 6) is 0.709. The average Bonchev–Trinajstić information content (AvgIpc) is 3.36. The van der Waals surface area contributed by atoms with Crippen LogP contribution in [0.5, 0.6) is 5.75 Å². The Kier molecular flexibility index (Phi) is 6.22. The fraction of sp³-hybridized carbons (Fsp3) is 0.304. The third kappa shape index (κ3) is 5.43. The molecule has 0 spiro atoms. The predicted octanol–water partition coefficient (Wildman–Crippen LogP) is 4.03. The van der Waals surface area contributed by atoms with Gasteiger partial charge in [0.25, 0.3) is 5.91 Å². The van der Waals surface area contributed by atoms with Crippen molar-refractivity contribution in [1.29, 1.82) is 0 Å². The lowest BCUT2D eigenvalue weighted by molar-refractivity contribution is 0.0937. The van der Waals surface area contributed by atoms with Gasteiger partial charge in [-0.1, -0.05) is 30.3 Å². The van der Waals surface area contributed by atoms with Crippen molar-refractivity contribution in [1.82, 2.24) is 15.2 Å². The highest BCUT2D eigenvalue weighted by molar-refractivity contribution is 7.09. The smallest absolute Gasteiger partial charge is 0.251 e. The minimum absolute atomic E-state index is 0.0294. The van der Waals surface area contributed by atoms with E-state index in [0.717, 1.165) is 42.5 Å². The molecule has 0 bridgehead atoms. The predicted molar refractivity (Wildman–Crippen MR) is 115 cm³/mol. The van der Waals surface area contributed by atoms with Crippen molar-refractivity contribution < 1.29 is 9.53 Å². The van der Waals surface area contributed by atoms with Crippen LogP contribution in [-0.4, -0.2) is 34.9 Å². The summed E-state index contributed by atoms with van der Waals surface area (Å²) in [6.45, 7) is 5.23. The van der Waals surface area contributed by atoms with Crippen LogP contribution in [0.2, 0.25) is 0 Å². The topological polar surface area (TPSA) is 54.5 Å². The van der Waals surface area contributed by atoms with Gasteiger partial charge in [-0.3, -0.25) is 9.69 Å². The van der Waals surface area contributed by atoms with Crippen LogP contribution in [-0.2, 0) is 13.2 Å². The van der Waals surface area contributed by atoms with Crippen molar-refractivity contribution in [2.24, 2.45) is 0 Å². The minimum atomic E-state index is -0.0294. The molecule has 6 heteroatoms. The minimum Gasteiger partial charge on any atom is -0.487 e. The van der Waals surface area contributed by atoms with Gasteiger partial charge in [-0.05, 0) is 43.2 Å². The molecule has 1 atom stereocenters. The summed E-state index contributed by atoms with van der Waals surface area (Å²) in [5.41, 5.74) is 2.89. The van der Waals surface area contributed by atoms with Crippen molar-refractivity contribution in [3.05, 3.63) is 81.8 Å². The maximum atomic E-state index is 12.6. The zero-order valence-corrected chi connectivity index (χ0v) is 17.3. The number of hydrogen-bond acceptors (Lipinski definition) is 5. The fourth-order valence-corrected chi connectivity index (χ4v) is 4.14. The van der Waals surface area contributed by atoms with E-state index in [1.807, 2.05) is 42.6 Å². The molecule has 1 fully saturated rings. The fourth-order valence-electron chi connectivity index (χ4n) is 3.54. The molecule has 150 valence electrons. The Labute approximate surface area is 175 Å². The average molecular weight is 408 g/mol. The van der Waals surface area contributed by atoms with Gasteiger partial charge in [0.15, 0.2) is 0 Å². The number of hydrogen-bond donors (Lipinski definition) is 1. The van der Waals surface area contributed by atoms with Gasteiger partial charge in [-0.15, -0.1) is 11.3 Å². The molecule has 2 aromatic carbocycles. The molecule has 0 saturated carbocycles. The zero-order chi connectivity index (χ0) is 20.1. The number of benzene rings is 2. The van der Waals surface area contributed by atoms with E-state index in [2.05, 4.69) is 39.5 Å². The van der Waals surface area contributed by atoms with Crippen molar-refractivity contribution in [3.8, 4) is 5.75 Å². The van der Waals surface area contributed by atoms with E-state index in [0.29, 0.717) is 12.2 Å². The van der Waals surface area contributed by atoms with Crippen LogP contribution in [0.4, 0.5) is 0 Å². The number of ether oxygens (including phenoxy) is 1. The first-order valence-electron chi connectivity index (χ1n) is 9.87. The van der Waals surface area contributed by atoms with Crippen LogP contribution in [0.3, 0.4) is 0 Å². The number of nitrogens with zero attached hydrogens (tertiary/aromatic N) is 2. The Morgan fingerprint density at radius 2 is 2.00 bits per heavy atom. The van der Waals surface area contributed by atoms with Crippen molar-refractivity contribution in [2.45, 2.75) is 32.5 Å². The van der Waals surface area contributed by atoms with Crippen molar-refractivity contribution in [2.75, 3.05) is 13.1 Å². The molecule has 1 saturated heterocycles. The first-order chi connectivity index (χ1) is 14.2. The van der Waals surface area contributed by atoms with Gasteiger partial charge < -0.3 is 10.1 Å². The second-order valence-corrected chi connectivity index (χ2v) is 8.41. The maximum absolute atomic E-state index is 12.6. The summed E-state index contributed by atoms with van der Waals surface area (Å²) < 4.78 is 5.75. The number of thiazole rings is 1. The summed E-state index contributed by atoms with van der Waals surface area (Å²) in [6.07, 6.45) is 0.979. The first kappa shape index (κ1) is 19.6. The Morgan fingerprint density at radius 1 is 1.21 bits per heavy atom. The third-order valence-electron chi connectivity index (χ3n) is 5.03. The normalized spacial score (nSPS) is 16.7. The zero-order valence-electron chi connectivity index (χ0n) is 16.5. The molecule has 1 amide bonds. The monoisotopic (exact) mass is 407 g/mol. The van der Waals surface area contributed by atoms with Gasteiger partial charge in [-0.25, -0.2) is 4.98 Å². The van der Waals surface area contributed by atoms with Gasteiger partial charge in [0.05, 0.1) is 10.7 Å². The summed E-state index contributed by atoms with van der Waals surface area (Å²) in [6, 6.07) is 17.9. The number of likely N-dealkylation sites (tertiary alicyclic amines) is 1. The Morgan fingerprint density at radius 3 is 2.72 bits per heavy atom. The van der Waals surface area contributed by atoms with E-state index in [1.165, 1.54) is 5.56 Å². The summed E-state index contributed by atoms with van der Waals surface area (Å²) in [5, 5.41) is 6.19. The number of amides is 1. The highest BCUT2D eigenvalue weighted by Gasteiger charge is 2.24. The van der Waals surface area contributed by atoms with Crippen LogP contribution in [0.15, 0.2) is 60.0 Å². The van der Waals surface area contributed by atoms with E-state index in [9.17, 15) is 4.79 Å². The van der Waals surface area contributed by atoms with E-state index in [1.54, 1.807) is 11.3 Å². The number of nitrogens with one attached hydrogen (secondary N) is 1. The second kappa shape index (κ2) is 9.20. The van der Waals surface area contributed by atoms with Crippen LogP contribution < -0.4 is 10.1 Å². The van der Waals surface area contributed by atoms with Crippen LogP contribution in [0, 0.1) is 6.92 Å². The van der Waals surface area contributed by atoms with Crippen molar-refractivity contribution >= 4 is 17.2 Å². The Hall–Kier alpha value is -2.70. The number of aromatic nitrogens is 1. The summed E-state index contributed by atoms with van der Waals surface area (Å²) in [4.78, 5) is 19.4. The molecule has 29 heavy (non-hydrogen) atoms. The molecule has 3 aromatic rings. The Bertz CT molecular complexity index is 940. The van der Waals surface area contributed by atoms with Crippen molar-refractivity contribution in [3.63, 3.8) is 0 Å². The lowest BCUT2D eigenvalue weighted by Gasteiger charge is -2.17. The molecule has 5 nitrogen and oxygen atoms in total. The molecule has 4 rings (SSSR count). The Balaban J connectivity index is 1.25. The molecule has 0 aliphatic carbocycles. The first-order valence-corrected chi connectivity index (χ1v) is 10.7. The third-order valence-corrected chi connectivity index (χ3v) is 5.85. The van der Waals surface area contributed by atoms with Crippen LogP contribution in [0.1, 0.15) is 33.0 Å². The number of aryl methyl sites for hydroxylation is 1. The van der Waals surface area contributed by atoms with Gasteiger partial charge in [0, 0.05) is 36.6 Å². The van der Waals surface area contributed by atoms with E-state index in [-0.39, 0.29) is 11.9 Å². The summed E-state index contributed by atoms with van der Waals surface area (Å²) in [7, 11) is 0. The molecule has 1 aliphatic rings. The van der Waals surface area contributed by atoms with Gasteiger partial charge >= 0.3 is 0 Å².